The first-order valence-corrected chi connectivity index (χ1v) is 6.70. The maximum atomic E-state index is 13.8. The number of ketones is 1. The van der Waals surface area contributed by atoms with Crippen molar-refractivity contribution in [3.8, 4) is 11.9 Å². The van der Waals surface area contributed by atoms with Crippen molar-refractivity contribution in [2.24, 2.45) is 0 Å². The topological polar surface area (TPSA) is 83.1 Å². The SMILES string of the molecule is C=CCn1c(O)c(C(=O)c2ccccc2F)c(C)c(C#N)c1=O. The molecule has 0 amide bonds. The van der Waals surface area contributed by atoms with E-state index in [9.17, 15) is 19.1 Å². The predicted octanol–water partition coefficient (Wildman–Crippen LogP) is 2.29. The molecule has 0 fully saturated rings. The number of halogens is 1. The Morgan fingerprint density at radius 2 is 2.13 bits per heavy atom. The molecule has 0 saturated carbocycles. The number of rotatable bonds is 4. The summed E-state index contributed by atoms with van der Waals surface area (Å²) in [4.78, 5) is 24.8. The van der Waals surface area contributed by atoms with E-state index in [0.29, 0.717) is 0 Å². The van der Waals surface area contributed by atoms with Gasteiger partial charge in [-0.05, 0) is 24.6 Å². The van der Waals surface area contributed by atoms with E-state index in [1.807, 2.05) is 0 Å². The van der Waals surface area contributed by atoms with Crippen molar-refractivity contribution >= 4 is 5.78 Å². The average molecular weight is 312 g/mol. The molecule has 1 aromatic carbocycles. The van der Waals surface area contributed by atoms with Crippen LogP contribution in [0.1, 0.15) is 27.0 Å². The Morgan fingerprint density at radius 1 is 1.48 bits per heavy atom. The van der Waals surface area contributed by atoms with Crippen LogP contribution in [0.4, 0.5) is 4.39 Å². The minimum atomic E-state index is -0.799. The molecule has 1 aromatic heterocycles. The lowest BCUT2D eigenvalue weighted by Gasteiger charge is -2.14. The molecule has 0 aliphatic rings. The molecule has 0 bridgehead atoms. The van der Waals surface area contributed by atoms with Crippen LogP contribution in [0.5, 0.6) is 5.88 Å². The van der Waals surface area contributed by atoms with Gasteiger partial charge in [0.15, 0.2) is 0 Å². The van der Waals surface area contributed by atoms with Crippen molar-refractivity contribution in [1.29, 1.82) is 5.26 Å². The molecule has 0 aliphatic heterocycles. The second kappa shape index (κ2) is 6.28. The van der Waals surface area contributed by atoms with E-state index < -0.39 is 23.0 Å². The van der Waals surface area contributed by atoms with Crippen molar-refractivity contribution in [1.82, 2.24) is 4.57 Å². The van der Waals surface area contributed by atoms with Gasteiger partial charge in [-0.2, -0.15) is 5.26 Å². The molecule has 2 aromatic rings. The van der Waals surface area contributed by atoms with Gasteiger partial charge in [-0.1, -0.05) is 18.2 Å². The van der Waals surface area contributed by atoms with Crippen LogP contribution in [0.3, 0.4) is 0 Å². The van der Waals surface area contributed by atoms with Crippen LogP contribution in [-0.4, -0.2) is 15.5 Å². The largest absolute Gasteiger partial charge is 0.494 e. The Bertz CT molecular complexity index is 907. The van der Waals surface area contributed by atoms with Gasteiger partial charge >= 0.3 is 0 Å². The van der Waals surface area contributed by atoms with E-state index in [-0.39, 0.29) is 28.8 Å². The molecular formula is C17H13FN2O3. The second-order valence-corrected chi connectivity index (χ2v) is 4.82. The van der Waals surface area contributed by atoms with Crippen LogP contribution in [0.25, 0.3) is 0 Å². The molecular weight excluding hydrogens is 299 g/mol. The normalized spacial score (nSPS) is 10.1. The van der Waals surface area contributed by atoms with Gasteiger partial charge in [0.1, 0.15) is 17.4 Å². The number of pyridine rings is 1. The summed E-state index contributed by atoms with van der Waals surface area (Å²) in [6.07, 6.45) is 1.34. The second-order valence-electron chi connectivity index (χ2n) is 4.82. The number of nitriles is 1. The number of carbonyl (C=O) groups excluding carboxylic acids is 1. The number of hydrogen-bond acceptors (Lipinski definition) is 4. The van der Waals surface area contributed by atoms with Crippen LogP contribution >= 0.6 is 0 Å². The minimum Gasteiger partial charge on any atom is -0.494 e. The predicted molar refractivity (Wildman–Crippen MR) is 81.8 cm³/mol. The number of aromatic hydroxyl groups is 1. The zero-order chi connectivity index (χ0) is 17.1. The molecule has 5 nitrogen and oxygen atoms in total. The summed E-state index contributed by atoms with van der Waals surface area (Å²) in [5.74, 6) is -2.16. The smallest absolute Gasteiger partial charge is 0.271 e. The van der Waals surface area contributed by atoms with Gasteiger partial charge in [0, 0.05) is 6.54 Å². The molecule has 1 heterocycles. The number of aromatic nitrogens is 1. The highest BCUT2D eigenvalue weighted by molar-refractivity contribution is 6.11. The summed E-state index contributed by atoms with van der Waals surface area (Å²) >= 11 is 0. The zero-order valence-corrected chi connectivity index (χ0v) is 12.3. The molecule has 1 N–H and O–H groups in total. The first-order valence-electron chi connectivity index (χ1n) is 6.70. The van der Waals surface area contributed by atoms with E-state index in [2.05, 4.69) is 6.58 Å². The third kappa shape index (κ3) is 2.64. The van der Waals surface area contributed by atoms with E-state index >= 15 is 0 Å². The van der Waals surface area contributed by atoms with Crippen molar-refractivity contribution in [3.05, 3.63) is 75.3 Å². The van der Waals surface area contributed by atoms with Crippen LogP contribution in [0.15, 0.2) is 41.7 Å². The highest BCUT2D eigenvalue weighted by Gasteiger charge is 2.25. The highest BCUT2D eigenvalue weighted by atomic mass is 19.1. The average Bonchev–Trinajstić information content (AvgIpc) is 2.52. The number of carbonyl (C=O) groups is 1. The summed E-state index contributed by atoms with van der Waals surface area (Å²) in [7, 11) is 0. The number of nitrogens with zero attached hydrogens (tertiary/aromatic N) is 2. The van der Waals surface area contributed by atoms with E-state index in [4.69, 9.17) is 5.26 Å². The maximum Gasteiger partial charge on any atom is 0.271 e. The molecule has 2 rings (SSSR count). The first kappa shape index (κ1) is 16.2. The van der Waals surface area contributed by atoms with Crippen LogP contribution < -0.4 is 5.56 Å². The van der Waals surface area contributed by atoms with Crippen LogP contribution in [0.2, 0.25) is 0 Å². The Labute approximate surface area is 131 Å². The molecule has 0 radical (unpaired) electrons. The fourth-order valence-electron chi connectivity index (χ4n) is 2.30. The van der Waals surface area contributed by atoms with E-state index in [0.717, 1.165) is 10.6 Å². The Hall–Kier alpha value is -3.20. The van der Waals surface area contributed by atoms with Gasteiger partial charge in [0.05, 0.1) is 11.1 Å². The summed E-state index contributed by atoms with van der Waals surface area (Å²) in [6, 6.07) is 7.02. The van der Waals surface area contributed by atoms with E-state index in [1.165, 1.54) is 31.2 Å². The fourth-order valence-corrected chi connectivity index (χ4v) is 2.30. The Balaban J connectivity index is 2.82. The molecule has 116 valence electrons. The molecule has 0 spiro atoms. The Morgan fingerprint density at radius 3 is 2.70 bits per heavy atom. The molecule has 0 aliphatic carbocycles. The van der Waals surface area contributed by atoms with Crippen molar-refractivity contribution < 1.29 is 14.3 Å². The van der Waals surface area contributed by atoms with Gasteiger partial charge in [0.2, 0.25) is 11.7 Å². The molecule has 0 atom stereocenters. The van der Waals surface area contributed by atoms with Crippen molar-refractivity contribution in [3.63, 3.8) is 0 Å². The van der Waals surface area contributed by atoms with Crippen molar-refractivity contribution in [2.45, 2.75) is 13.5 Å². The van der Waals surface area contributed by atoms with Gasteiger partial charge in [-0.25, -0.2) is 4.39 Å². The minimum absolute atomic E-state index is 0.0172. The van der Waals surface area contributed by atoms with E-state index in [1.54, 1.807) is 6.07 Å². The summed E-state index contributed by atoms with van der Waals surface area (Å²) in [6.45, 7) is 4.75. The summed E-state index contributed by atoms with van der Waals surface area (Å²) in [5, 5.41) is 19.4. The lowest BCUT2D eigenvalue weighted by Crippen LogP contribution is -2.26. The monoisotopic (exact) mass is 312 g/mol. The maximum absolute atomic E-state index is 13.8. The van der Waals surface area contributed by atoms with Gasteiger partial charge in [0.25, 0.3) is 5.56 Å². The van der Waals surface area contributed by atoms with Crippen LogP contribution in [-0.2, 0) is 6.54 Å². The van der Waals surface area contributed by atoms with Gasteiger partial charge < -0.3 is 5.11 Å². The number of benzene rings is 1. The standard InChI is InChI=1S/C17H13FN2O3/c1-3-8-20-16(22)12(9-19)10(2)14(17(20)23)15(21)11-6-4-5-7-13(11)18/h3-7,23H,1,8H2,2H3. The zero-order valence-electron chi connectivity index (χ0n) is 12.3. The van der Waals surface area contributed by atoms with Gasteiger partial charge in [-0.3, -0.25) is 14.2 Å². The highest BCUT2D eigenvalue weighted by Crippen LogP contribution is 2.25. The number of hydrogen-bond donors (Lipinski definition) is 1. The third-order valence-corrected chi connectivity index (χ3v) is 3.46. The van der Waals surface area contributed by atoms with Crippen molar-refractivity contribution in [2.75, 3.05) is 0 Å². The fraction of sp³-hybridized carbons (Fsp3) is 0.118. The molecule has 23 heavy (non-hydrogen) atoms. The van der Waals surface area contributed by atoms with Gasteiger partial charge in [-0.15, -0.1) is 6.58 Å². The summed E-state index contributed by atoms with van der Waals surface area (Å²) < 4.78 is 14.7. The quantitative estimate of drug-likeness (QED) is 0.693. The third-order valence-electron chi connectivity index (χ3n) is 3.46. The first-order chi connectivity index (χ1) is 10.9. The number of allylic oxidation sites excluding steroid dienone is 1. The Kier molecular flexibility index (Phi) is 4.42. The lowest BCUT2D eigenvalue weighted by atomic mass is 9.97. The summed E-state index contributed by atoms with van der Waals surface area (Å²) in [5.41, 5.74) is -1.51. The molecule has 0 unspecified atom stereocenters. The molecule has 0 saturated heterocycles. The van der Waals surface area contributed by atoms with Crippen LogP contribution in [0, 0.1) is 24.1 Å². The lowest BCUT2D eigenvalue weighted by molar-refractivity contribution is 0.103. The molecule has 6 heteroatoms.